The highest BCUT2D eigenvalue weighted by Crippen LogP contribution is 2.19. The Morgan fingerprint density at radius 1 is 1.39 bits per heavy atom. The highest BCUT2D eigenvalue weighted by atomic mass is 79.9. The lowest BCUT2D eigenvalue weighted by Gasteiger charge is -2.21. The second-order valence-corrected chi connectivity index (χ2v) is 6.29. The van der Waals surface area contributed by atoms with E-state index in [0.717, 1.165) is 5.56 Å². The van der Waals surface area contributed by atoms with Crippen LogP contribution in [0.1, 0.15) is 29.7 Å². The van der Waals surface area contributed by atoms with Gasteiger partial charge in [0.05, 0.1) is 18.6 Å². The molecular weight excluding hydrogens is 363 g/mol. The van der Waals surface area contributed by atoms with Gasteiger partial charge in [-0.3, -0.25) is 4.79 Å². The van der Waals surface area contributed by atoms with Crippen LogP contribution in [0.15, 0.2) is 41.1 Å². The molecule has 1 aromatic carbocycles. The molecule has 0 radical (unpaired) electrons. The Morgan fingerprint density at radius 3 is 2.78 bits per heavy atom. The zero-order valence-electron chi connectivity index (χ0n) is 12.9. The number of aliphatic hydroxyl groups is 1. The third-order valence-electron chi connectivity index (χ3n) is 3.56. The van der Waals surface area contributed by atoms with Crippen LogP contribution in [0.2, 0.25) is 0 Å². The predicted molar refractivity (Wildman–Crippen MR) is 89.3 cm³/mol. The molecule has 0 bridgehead atoms. The molecule has 2 atom stereocenters. The van der Waals surface area contributed by atoms with Gasteiger partial charge in [0, 0.05) is 6.20 Å². The molecule has 2 unspecified atom stereocenters. The van der Waals surface area contributed by atoms with Gasteiger partial charge in [-0.05, 0) is 64.7 Å². The summed E-state index contributed by atoms with van der Waals surface area (Å²) in [4.78, 5) is 16.1. The lowest BCUT2D eigenvalue weighted by Crippen LogP contribution is -2.38. The molecule has 2 rings (SSSR count). The smallest absolute Gasteiger partial charge is 0.224 e. The summed E-state index contributed by atoms with van der Waals surface area (Å²) in [7, 11) is 0. The van der Waals surface area contributed by atoms with Crippen LogP contribution < -0.4 is 5.32 Å². The number of hydrogen-bond donors (Lipinski definition) is 2. The van der Waals surface area contributed by atoms with Crippen molar-refractivity contribution in [3.05, 3.63) is 63.6 Å². The minimum atomic E-state index is -0.974. The standard InChI is InChI=1S/C17H18BrFN2O2/c1-10-3-4-13(9-14(10)19)17(23)11(2)21-16(22)8-12-5-6-20-15(18)7-12/h3-7,9,11,17,23H,8H2,1-2H3,(H,21,22). The van der Waals surface area contributed by atoms with E-state index < -0.39 is 12.1 Å². The number of nitrogens with one attached hydrogen (secondary N) is 1. The van der Waals surface area contributed by atoms with Gasteiger partial charge in [-0.15, -0.1) is 0 Å². The summed E-state index contributed by atoms with van der Waals surface area (Å²) in [6.07, 6.45) is 0.818. The molecule has 0 saturated heterocycles. The second-order valence-electron chi connectivity index (χ2n) is 5.47. The molecular formula is C17H18BrFN2O2. The second kappa shape index (κ2) is 7.66. The summed E-state index contributed by atoms with van der Waals surface area (Å²) < 4.78 is 14.2. The molecule has 122 valence electrons. The van der Waals surface area contributed by atoms with Crippen LogP contribution in [0.3, 0.4) is 0 Å². The number of halogens is 2. The topological polar surface area (TPSA) is 62.2 Å². The highest BCUT2D eigenvalue weighted by molar-refractivity contribution is 9.10. The monoisotopic (exact) mass is 380 g/mol. The van der Waals surface area contributed by atoms with Crippen molar-refractivity contribution in [2.45, 2.75) is 32.4 Å². The largest absolute Gasteiger partial charge is 0.386 e. The Kier molecular flexibility index (Phi) is 5.85. The summed E-state index contributed by atoms with van der Waals surface area (Å²) in [5.41, 5.74) is 1.76. The number of amides is 1. The Hall–Kier alpha value is -1.79. The number of aliphatic hydroxyl groups excluding tert-OH is 1. The van der Waals surface area contributed by atoms with E-state index in [1.54, 1.807) is 44.3 Å². The summed E-state index contributed by atoms with van der Waals surface area (Å²) >= 11 is 3.25. The molecule has 0 aliphatic carbocycles. The number of rotatable bonds is 5. The molecule has 2 N–H and O–H groups in total. The van der Waals surface area contributed by atoms with E-state index in [1.165, 1.54) is 6.07 Å². The van der Waals surface area contributed by atoms with Crippen molar-refractivity contribution in [3.63, 3.8) is 0 Å². The lowest BCUT2D eigenvalue weighted by atomic mass is 10.0. The quantitative estimate of drug-likeness (QED) is 0.783. The van der Waals surface area contributed by atoms with Gasteiger partial charge in [0.1, 0.15) is 10.4 Å². The average Bonchev–Trinajstić information content (AvgIpc) is 2.49. The van der Waals surface area contributed by atoms with Crippen LogP contribution in [-0.4, -0.2) is 22.0 Å². The van der Waals surface area contributed by atoms with Crippen LogP contribution >= 0.6 is 15.9 Å². The number of nitrogens with zero attached hydrogens (tertiary/aromatic N) is 1. The van der Waals surface area contributed by atoms with E-state index in [2.05, 4.69) is 26.2 Å². The van der Waals surface area contributed by atoms with Crippen molar-refractivity contribution in [3.8, 4) is 0 Å². The number of carbonyl (C=O) groups is 1. The summed E-state index contributed by atoms with van der Waals surface area (Å²) in [5, 5.41) is 13.0. The highest BCUT2D eigenvalue weighted by Gasteiger charge is 2.19. The number of pyridine rings is 1. The van der Waals surface area contributed by atoms with Gasteiger partial charge >= 0.3 is 0 Å². The molecule has 1 amide bonds. The Labute approximate surface area is 142 Å². The number of hydrogen-bond acceptors (Lipinski definition) is 3. The average molecular weight is 381 g/mol. The maximum Gasteiger partial charge on any atom is 0.224 e. The van der Waals surface area contributed by atoms with E-state index in [9.17, 15) is 14.3 Å². The normalized spacial score (nSPS) is 13.4. The number of aromatic nitrogens is 1. The maximum atomic E-state index is 13.6. The fourth-order valence-electron chi connectivity index (χ4n) is 2.20. The van der Waals surface area contributed by atoms with Crippen molar-refractivity contribution in [1.29, 1.82) is 0 Å². The fraction of sp³-hybridized carbons (Fsp3) is 0.294. The molecule has 2 aromatic rings. The van der Waals surface area contributed by atoms with Crippen LogP contribution in [0.4, 0.5) is 4.39 Å². The molecule has 0 aliphatic rings. The molecule has 1 aromatic heterocycles. The minimum absolute atomic E-state index is 0.181. The van der Waals surface area contributed by atoms with Crippen LogP contribution in [0.5, 0.6) is 0 Å². The Bertz CT molecular complexity index is 709. The molecule has 6 heteroatoms. The summed E-state index contributed by atoms with van der Waals surface area (Å²) in [6, 6.07) is 7.54. The van der Waals surface area contributed by atoms with Crippen molar-refractivity contribution in [1.82, 2.24) is 10.3 Å². The Balaban J connectivity index is 1.98. The molecule has 0 saturated carbocycles. The van der Waals surface area contributed by atoms with Crippen LogP contribution in [0, 0.1) is 12.7 Å². The van der Waals surface area contributed by atoms with Gasteiger partial charge in [-0.2, -0.15) is 0 Å². The molecule has 1 heterocycles. The minimum Gasteiger partial charge on any atom is -0.386 e. The predicted octanol–water partition coefficient (Wildman–Crippen LogP) is 3.07. The van der Waals surface area contributed by atoms with E-state index in [1.807, 2.05) is 0 Å². The van der Waals surface area contributed by atoms with Gasteiger partial charge < -0.3 is 10.4 Å². The van der Waals surface area contributed by atoms with Gasteiger partial charge in [0.2, 0.25) is 5.91 Å². The number of benzene rings is 1. The van der Waals surface area contributed by atoms with Crippen molar-refractivity contribution in [2.24, 2.45) is 0 Å². The van der Waals surface area contributed by atoms with Gasteiger partial charge in [0.15, 0.2) is 0 Å². The van der Waals surface area contributed by atoms with E-state index in [-0.39, 0.29) is 18.1 Å². The first-order chi connectivity index (χ1) is 10.9. The van der Waals surface area contributed by atoms with Crippen LogP contribution in [0.25, 0.3) is 0 Å². The molecule has 0 aliphatic heterocycles. The zero-order chi connectivity index (χ0) is 17.0. The lowest BCUT2D eigenvalue weighted by molar-refractivity contribution is -0.121. The molecule has 0 fully saturated rings. The van der Waals surface area contributed by atoms with Crippen molar-refractivity contribution in [2.75, 3.05) is 0 Å². The first kappa shape index (κ1) is 17.6. The Morgan fingerprint density at radius 2 is 2.13 bits per heavy atom. The van der Waals surface area contributed by atoms with E-state index in [4.69, 9.17) is 0 Å². The van der Waals surface area contributed by atoms with Gasteiger partial charge in [-0.25, -0.2) is 9.37 Å². The van der Waals surface area contributed by atoms with E-state index >= 15 is 0 Å². The maximum absolute atomic E-state index is 13.6. The summed E-state index contributed by atoms with van der Waals surface area (Å²) in [5.74, 6) is -0.594. The molecule has 23 heavy (non-hydrogen) atoms. The zero-order valence-corrected chi connectivity index (χ0v) is 14.5. The fourth-order valence-corrected chi connectivity index (χ4v) is 2.62. The van der Waals surface area contributed by atoms with Gasteiger partial charge in [0.25, 0.3) is 0 Å². The number of carbonyl (C=O) groups excluding carboxylic acids is 1. The van der Waals surface area contributed by atoms with Crippen molar-refractivity contribution >= 4 is 21.8 Å². The third kappa shape index (κ3) is 4.84. The third-order valence-corrected chi connectivity index (χ3v) is 3.99. The first-order valence-corrected chi connectivity index (χ1v) is 8.00. The molecule has 4 nitrogen and oxygen atoms in total. The summed E-state index contributed by atoms with van der Waals surface area (Å²) in [6.45, 7) is 3.34. The number of aryl methyl sites for hydroxylation is 1. The van der Waals surface area contributed by atoms with E-state index in [0.29, 0.717) is 15.7 Å². The van der Waals surface area contributed by atoms with Crippen LogP contribution in [-0.2, 0) is 11.2 Å². The van der Waals surface area contributed by atoms with Crippen molar-refractivity contribution < 1.29 is 14.3 Å². The first-order valence-electron chi connectivity index (χ1n) is 7.20. The molecule has 0 spiro atoms. The van der Waals surface area contributed by atoms with Gasteiger partial charge in [-0.1, -0.05) is 12.1 Å². The SMILES string of the molecule is Cc1ccc(C(O)C(C)NC(=O)Cc2ccnc(Br)c2)cc1F.